The van der Waals surface area contributed by atoms with E-state index in [1.54, 1.807) is 49.1 Å². The second kappa shape index (κ2) is 12.0. The molecule has 0 bridgehead atoms. The van der Waals surface area contributed by atoms with E-state index in [1.807, 2.05) is 13.0 Å². The van der Waals surface area contributed by atoms with Crippen molar-refractivity contribution in [2.75, 3.05) is 13.7 Å². The highest BCUT2D eigenvalue weighted by Gasteiger charge is 2.42. The summed E-state index contributed by atoms with van der Waals surface area (Å²) in [5, 5.41) is 0. The Morgan fingerprint density at radius 3 is 2.44 bits per heavy atom. The maximum atomic E-state index is 15.3. The van der Waals surface area contributed by atoms with Gasteiger partial charge in [-0.2, -0.15) is 13.2 Å². The number of esters is 1. The Labute approximate surface area is 260 Å². The van der Waals surface area contributed by atoms with Crippen molar-refractivity contribution in [3.05, 3.63) is 99.4 Å². The van der Waals surface area contributed by atoms with Crippen LogP contribution in [0.1, 0.15) is 84.3 Å². The number of rotatable bonds is 6. The number of amides is 1. The van der Waals surface area contributed by atoms with Gasteiger partial charge in [-0.3, -0.25) is 4.90 Å². The number of hydrogen-bond acceptors (Lipinski definition) is 4. The van der Waals surface area contributed by atoms with Gasteiger partial charge < -0.3 is 9.47 Å². The van der Waals surface area contributed by atoms with Crippen LogP contribution < -0.4 is 0 Å². The lowest BCUT2D eigenvalue weighted by Crippen LogP contribution is -2.35. The van der Waals surface area contributed by atoms with E-state index in [4.69, 9.17) is 9.47 Å². The van der Waals surface area contributed by atoms with Gasteiger partial charge in [-0.1, -0.05) is 37.6 Å². The molecule has 2 atom stereocenters. The van der Waals surface area contributed by atoms with Crippen molar-refractivity contribution in [1.82, 2.24) is 4.90 Å². The molecule has 0 radical (unpaired) electrons. The summed E-state index contributed by atoms with van der Waals surface area (Å²) in [5.41, 5.74) is 4.90. The first-order chi connectivity index (χ1) is 21.1. The molecule has 0 spiro atoms. The first-order valence-corrected chi connectivity index (χ1v) is 14.9. The number of cyclic esters (lactones) is 1. The highest BCUT2D eigenvalue weighted by atomic mass is 19.4. The van der Waals surface area contributed by atoms with Gasteiger partial charge in [-0.05, 0) is 115 Å². The fourth-order valence-corrected chi connectivity index (χ4v) is 6.55. The molecule has 1 amide bonds. The van der Waals surface area contributed by atoms with E-state index in [-0.39, 0.29) is 12.0 Å². The highest BCUT2D eigenvalue weighted by Crippen LogP contribution is 2.45. The number of nitrogens with zero attached hydrogens (tertiary/aromatic N) is 1. The van der Waals surface area contributed by atoms with Crippen LogP contribution in [0.2, 0.25) is 0 Å². The molecular formula is C36H37F4NO4. The van der Waals surface area contributed by atoms with E-state index in [1.165, 1.54) is 13.2 Å². The van der Waals surface area contributed by atoms with Crippen LogP contribution in [0.25, 0.3) is 16.7 Å². The molecule has 0 saturated carbocycles. The summed E-state index contributed by atoms with van der Waals surface area (Å²) in [5.74, 6) is -0.875. The average Bonchev–Trinajstić information content (AvgIpc) is 3.24. The molecule has 1 heterocycles. The molecule has 238 valence electrons. The van der Waals surface area contributed by atoms with E-state index in [2.05, 4.69) is 13.8 Å². The summed E-state index contributed by atoms with van der Waals surface area (Å²) < 4.78 is 66.4. The highest BCUT2D eigenvalue weighted by molar-refractivity contribution is 5.90. The molecule has 0 aromatic heterocycles. The lowest BCUT2D eigenvalue weighted by Gasteiger charge is -2.35. The second-order valence-corrected chi connectivity index (χ2v) is 12.9. The predicted octanol–water partition coefficient (Wildman–Crippen LogP) is 9.46. The van der Waals surface area contributed by atoms with E-state index >= 15 is 4.39 Å². The fraction of sp³-hybridized carbons (Fsp3) is 0.389. The molecule has 3 aromatic rings. The number of carbonyl (C=O) groups is 2. The summed E-state index contributed by atoms with van der Waals surface area (Å²) in [7, 11) is 1.31. The Kier molecular flexibility index (Phi) is 8.59. The van der Waals surface area contributed by atoms with Crippen molar-refractivity contribution in [2.24, 2.45) is 5.41 Å². The monoisotopic (exact) mass is 623 g/mol. The number of carbonyl (C=O) groups excluding carboxylic acids is 2. The van der Waals surface area contributed by atoms with E-state index in [0.717, 1.165) is 40.8 Å². The third-order valence-corrected chi connectivity index (χ3v) is 8.93. The number of aryl methyl sites for hydroxylation is 2. The summed E-state index contributed by atoms with van der Waals surface area (Å²) in [6, 6.07) is 13.2. The second-order valence-electron chi connectivity index (χ2n) is 12.9. The van der Waals surface area contributed by atoms with Gasteiger partial charge in [0.05, 0.1) is 24.3 Å². The smallest absolute Gasteiger partial charge is 0.416 e. The maximum Gasteiger partial charge on any atom is 0.416 e. The fourth-order valence-electron chi connectivity index (χ4n) is 6.55. The average molecular weight is 624 g/mol. The van der Waals surface area contributed by atoms with Gasteiger partial charge in [0.1, 0.15) is 11.9 Å². The molecule has 0 N–H and O–H groups in total. The van der Waals surface area contributed by atoms with Gasteiger partial charge in [0.25, 0.3) is 0 Å². The SMILES string of the molecule is COC(=O)c1ccc(-c2cc(C3=C(CN4C(=O)O[C@H](c5cc(C)cc(C(F)(F)F)c5)[C@@H]4C)CC(C)(C)CC3)ccc2F)c(C)c1. The van der Waals surface area contributed by atoms with Crippen LogP contribution in [0.15, 0.2) is 60.2 Å². The third-order valence-electron chi connectivity index (χ3n) is 8.93. The normalized spacial score (nSPS) is 20.0. The van der Waals surface area contributed by atoms with Crippen LogP contribution in [0.4, 0.5) is 22.4 Å². The van der Waals surface area contributed by atoms with Crippen molar-refractivity contribution in [2.45, 2.75) is 72.2 Å². The topological polar surface area (TPSA) is 55.8 Å². The van der Waals surface area contributed by atoms with Crippen molar-refractivity contribution in [3.8, 4) is 11.1 Å². The number of allylic oxidation sites excluding steroid dienone is 1. The summed E-state index contributed by atoms with van der Waals surface area (Å²) in [6.07, 6.45) is -3.67. The third kappa shape index (κ3) is 6.63. The Morgan fingerprint density at radius 1 is 1.04 bits per heavy atom. The van der Waals surface area contributed by atoms with Crippen LogP contribution >= 0.6 is 0 Å². The first kappa shape index (κ1) is 32.3. The molecule has 45 heavy (non-hydrogen) atoms. The van der Waals surface area contributed by atoms with Gasteiger partial charge in [0.15, 0.2) is 0 Å². The minimum Gasteiger partial charge on any atom is -0.465 e. The Balaban J connectivity index is 1.50. The lowest BCUT2D eigenvalue weighted by molar-refractivity contribution is -0.137. The van der Waals surface area contributed by atoms with Gasteiger partial charge in [-0.15, -0.1) is 0 Å². The zero-order valence-electron chi connectivity index (χ0n) is 26.3. The molecule has 5 nitrogen and oxygen atoms in total. The lowest BCUT2D eigenvalue weighted by atomic mass is 9.72. The summed E-state index contributed by atoms with van der Waals surface area (Å²) >= 11 is 0. The number of halogens is 4. The zero-order chi connectivity index (χ0) is 32.8. The number of hydrogen-bond donors (Lipinski definition) is 0. The van der Waals surface area contributed by atoms with Gasteiger partial charge in [0.2, 0.25) is 0 Å². The number of benzene rings is 3. The van der Waals surface area contributed by atoms with Gasteiger partial charge in [0, 0.05) is 12.1 Å². The summed E-state index contributed by atoms with van der Waals surface area (Å²) in [4.78, 5) is 26.8. The largest absolute Gasteiger partial charge is 0.465 e. The maximum absolute atomic E-state index is 15.3. The van der Waals surface area contributed by atoms with Crippen molar-refractivity contribution in [3.63, 3.8) is 0 Å². The Hall–Kier alpha value is -4.14. The Morgan fingerprint density at radius 2 is 1.78 bits per heavy atom. The quantitative estimate of drug-likeness (QED) is 0.203. The van der Waals surface area contributed by atoms with Crippen molar-refractivity contribution in [1.29, 1.82) is 0 Å². The van der Waals surface area contributed by atoms with Crippen LogP contribution in [0, 0.1) is 25.1 Å². The molecule has 1 saturated heterocycles. The molecule has 1 fully saturated rings. The zero-order valence-corrected chi connectivity index (χ0v) is 26.3. The minimum atomic E-state index is -4.52. The Bertz CT molecular complexity index is 1690. The molecule has 1 aliphatic carbocycles. The number of alkyl halides is 3. The van der Waals surface area contributed by atoms with Crippen LogP contribution in [0.5, 0.6) is 0 Å². The van der Waals surface area contributed by atoms with Crippen LogP contribution in [-0.4, -0.2) is 36.7 Å². The first-order valence-electron chi connectivity index (χ1n) is 14.9. The molecule has 1 aliphatic heterocycles. The standard InChI is InChI=1S/C36H37F4NO4/c1-20-13-25(16-27(14-20)36(38,39)40)32-22(3)41(34(43)45-32)19-26-18-35(4,5)12-11-29(26)23-8-10-31(37)30(17-23)28-9-7-24(15-21(28)2)33(42)44-6/h7-10,13-17,22,32H,11-12,18-19H2,1-6H3/t22-,32-/m0/s1. The predicted molar refractivity (Wildman–Crippen MR) is 164 cm³/mol. The van der Waals surface area contributed by atoms with Gasteiger partial charge in [-0.25, -0.2) is 14.0 Å². The molecule has 0 unspecified atom stereocenters. The molecule has 3 aromatic carbocycles. The molecular weight excluding hydrogens is 586 g/mol. The molecule has 2 aliphatic rings. The van der Waals surface area contributed by atoms with Crippen molar-refractivity contribution >= 4 is 17.6 Å². The van der Waals surface area contributed by atoms with Crippen LogP contribution in [-0.2, 0) is 15.7 Å². The minimum absolute atomic E-state index is 0.0492. The van der Waals surface area contributed by atoms with E-state index in [0.29, 0.717) is 40.7 Å². The van der Waals surface area contributed by atoms with Crippen molar-refractivity contribution < 1.29 is 36.6 Å². The molecule has 9 heteroatoms. The van der Waals surface area contributed by atoms with E-state index in [9.17, 15) is 22.8 Å². The molecule has 5 rings (SSSR count). The van der Waals surface area contributed by atoms with Gasteiger partial charge >= 0.3 is 18.2 Å². The summed E-state index contributed by atoms with van der Waals surface area (Å²) in [6.45, 7) is 9.75. The van der Waals surface area contributed by atoms with E-state index < -0.39 is 41.8 Å². The number of methoxy groups -OCH3 is 1. The van der Waals surface area contributed by atoms with Crippen LogP contribution in [0.3, 0.4) is 0 Å². The number of ether oxygens (including phenoxy) is 2.